The van der Waals surface area contributed by atoms with Crippen molar-refractivity contribution in [1.29, 1.82) is 5.26 Å². The maximum absolute atomic E-state index is 12.8. The molecule has 0 aliphatic heterocycles. The zero-order chi connectivity index (χ0) is 26.9. The number of hydrogen-bond donors (Lipinski definition) is 1. The molecule has 4 aromatic rings. The van der Waals surface area contributed by atoms with Gasteiger partial charge in [0.15, 0.2) is 11.5 Å². The predicted molar refractivity (Wildman–Crippen MR) is 153 cm³/mol. The predicted octanol–water partition coefficient (Wildman–Crippen LogP) is 7.52. The number of fused-ring (bicyclic) bond motifs is 1. The van der Waals surface area contributed by atoms with Crippen molar-refractivity contribution in [2.45, 2.75) is 20.5 Å². The van der Waals surface area contributed by atoms with Gasteiger partial charge in [-0.2, -0.15) is 5.26 Å². The van der Waals surface area contributed by atoms with E-state index in [2.05, 4.69) is 45.5 Å². The smallest absolute Gasteiger partial charge is 0.266 e. The number of benzene rings is 4. The zero-order valence-electron chi connectivity index (χ0n) is 21.2. The summed E-state index contributed by atoms with van der Waals surface area (Å²) in [6.45, 7) is 5.12. The first-order valence-electron chi connectivity index (χ1n) is 12.2. The van der Waals surface area contributed by atoms with Crippen LogP contribution in [-0.2, 0) is 11.4 Å². The van der Waals surface area contributed by atoms with Crippen molar-refractivity contribution in [1.82, 2.24) is 0 Å². The molecule has 0 fully saturated rings. The summed E-state index contributed by atoms with van der Waals surface area (Å²) < 4.78 is 18.1. The summed E-state index contributed by atoms with van der Waals surface area (Å²) in [6, 6.07) is 26.9. The fraction of sp³-hybridized carbons (Fsp3) is 0.161. The van der Waals surface area contributed by atoms with E-state index < -0.39 is 5.91 Å². The molecule has 0 atom stereocenters. The van der Waals surface area contributed by atoms with Crippen molar-refractivity contribution in [3.63, 3.8) is 0 Å². The van der Waals surface area contributed by atoms with E-state index in [-0.39, 0.29) is 5.57 Å². The zero-order valence-corrected chi connectivity index (χ0v) is 22.7. The van der Waals surface area contributed by atoms with Gasteiger partial charge < -0.3 is 19.5 Å². The summed E-state index contributed by atoms with van der Waals surface area (Å²) in [6.07, 6.45) is 1.52. The SMILES string of the molecule is CCOc1ccc(NC(=O)/C(C#N)=C/c2cc(Br)c(OCc3ccc4ccccc4c3)c(OCC)c2)cc1. The highest BCUT2D eigenvalue weighted by atomic mass is 79.9. The van der Waals surface area contributed by atoms with Crippen molar-refractivity contribution in [3.8, 4) is 23.3 Å². The van der Waals surface area contributed by atoms with Gasteiger partial charge in [0.05, 0.1) is 17.7 Å². The highest BCUT2D eigenvalue weighted by molar-refractivity contribution is 9.10. The molecule has 0 heterocycles. The number of nitrogens with zero attached hydrogens (tertiary/aromatic N) is 1. The largest absolute Gasteiger partial charge is 0.494 e. The molecule has 6 nitrogen and oxygen atoms in total. The van der Waals surface area contributed by atoms with E-state index in [0.29, 0.717) is 52.8 Å². The molecule has 1 N–H and O–H groups in total. The van der Waals surface area contributed by atoms with E-state index in [9.17, 15) is 10.1 Å². The molecule has 192 valence electrons. The quantitative estimate of drug-likeness (QED) is 0.157. The second-order valence-corrected chi connectivity index (χ2v) is 9.17. The van der Waals surface area contributed by atoms with Crippen LogP contribution in [0.2, 0.25) is 0 Å². The Balaban J connectivity index is 1.53. The van der Waals surface area contributed by atoms with Crippen LogP contribution in [0.5, 0.6) is 17.2 Å². The number of amides is 1. The standard InChI is InChI=1S/C31H27BrN2O4/c1-3-36-27-13-11-26(12-14-27)34-31(35)25(19-33)16-22-17-28(32)30(29(18-22)37-4-2)38-20-21-9-10-23-7-5-6-8-24(23)15-21/h5-18H,3-4,20H2,1-2H3,(H,34,35)/b25-16+. The highest BCUT2D eigenvalue weighted by Crippen LogP contribution is 2.38. The lowest BCUT2D eigenvalue weighted by Crippen LogP contribution is -2.13. The Labute approximate surface area is 230 Å². The minimum absolute atomic E-state index is 0.0435. The Bertz CT molecular complexity index is 1510. The molecule has 38 heavy (non-hydrogen) atoms. The van der Waals surface area contributed by atoms with Crippen LogP contribution in [0, 0.1) is 11.3 Å². The van der Waals surface area contributed by atoms with E-state index in [1.165, 1.54) is 11.5 Å². The van der Waals surface area contributed by atoms with Gasteiger partial charge in [-0.25, -0.2) is 0 Å². The molecule has 0 spiro atoms. The van der Waals surface area contributed by atoms with Gasteiger partial charge in [0, 0.05) is 5.69 Å². The Morgan fingerprint density at radius 1 is 0.921 bits per heavy atom. The highest BCUT2D eigenvalue weighted by Gasteiger charge is 2.15. The van der Waals surface area contributed by atoms with Gasteiger partial charge in [-0.3, -0.25) is 4.79 Å². The van der Waals surface area contributed by atoms with Crippen LogP contribution >= 0.6 is 15.9 Å². The Kier molecular flexibility index (Phi) is 9.02. The molecule has 7 heteroatoms. The molecule has 0 aromatic heterocycles. The molecule has 0 radical (unpaired) electrons. The Morgan fingerprint density at radius 3 is 2.37 bits per heavy atom. The van der Waals surface area contributed by atoms with Crippen molar-refractivity contribution in [3.05, 3.63) is 100 Å². The Hall–Kier alpha value is -4.28. The minimum atomic E-state index is -0.512. The number of ether oxygens (including phenoxy) is 3. The van der Waals surface area contributed by atoms with Crippen LogP contribution < -0.4 is 19.5 Å². The van der Waals surface area contributed by atoms with Gasteiger partial charge in [0.1, 0.15) is 24.0 Å². The van der Waals surface area contributed by atoms with Crippen LogP contribution in [-0.4, -0.2) is 19.1 Å². The molecule has 0 aliphatic rings. The third kappa shape index (κ3) is 6.72. The lowest BCUT2D eigenvalue weighted by molar-refractivity contribution is -0.112. The summed E-state index contributed by atoms with van der Waals surface area (Å²) in [5.74, 6) is 1.26. The number of rotatable bonds is 10. The van der Waals surface area contributed by atoms with E-state index in [0.717, 1.165) is 10.9 Å². The topological polar surface area (TPSA) is 80.6 Å². The number of hydrogen-bond acceptors (Lipinski definition) is 5. The Morgan fingerprint density at radius 2 is 1.66 bits per heavy atom. The maximum Gasteiger partial charge on any atom is 0.266 e. The third-order valence-electron chi connectivity index (χ3n) is 5.63. The summed E-state index contributed by atoms with van der Waals surface area (Å²) in [5.41, 5.74) is 2.17. The van der Waals surface area contributed by atoms with Crippen LogP contribution in [0.15, 0.2) is 88.9 Å². The normalized spacial score (nSPS) is 11.1. The molecule has 0 bridgehead atoms. The molecule has 1 amide bonds. The van der Waals surface area contributed by atoms with Gasteiger partial charge in [-0.05, 0) is 100 Å². The number of carbonyl (C=O) groups is 1. The monoisotopic (exact) mass is 570 g/mol. The average Bonchev–Trinajstić information content (AvgIpc) is 2.92. The average molecular weight is 571 g/mol. The molecular formula is C31H27BrN2O4. The van der Waals surface area contributed by atoms with Gasteiger partial charge >= 0.3 is 0 Å². The van der Waals surface area contributed by atoms with Crippen LogP contribution in [0.4, 0.5) is 5.69 Å². The molecule has 0 unspecified atom stereocenters. The number of carbonyl (C=O) groups excluding carboxylic acids is 1. The number of halogens is 1. The molecule has 0 aliphatic carbocycles. The van der Waals surface area contributed by atoms with Gasteiger partial charge in [0.2, 0.25) is 0 Å². The van der Waals surface area contributed by atoms with Gasteiger partial charge in [0.25, 0.3) is 5.91 Å². The first-order chi connectivity index (χ1) is 18.5. The maximum atomic E-state index is 12.8. The molecular weight excluding hydrogens is 544 g/mol. The van der Waals surface area contributed by atoms with E-state index in [1.807, 2.05) is 38.1 Å². The van der Waals surface area contributed by atoms with Crippen LogP contribution in [0.1, 0.15) is 25.0 Å². The summed E-state index contributed by atoms with van der Waals surface area (Å²) in [4.78, 5) is 12.8. The van der Waals surface area contributed by atoms with Gasteiger partial charge in [-0.15, -0.1) is 0 Å². The summed E-state index contributed by atoms with van der Waals surface area (Å²) in [5, 5.41) is 14.7. The molecule has 4 rings (SSSR count). The number of nitriles is 1. The second-order valence-electron chi connectivity index (χ2n) is 8.31. The molecule has 4 aromatic carbocycles. The lowest BCUT2D eigenvalue weighted by atomic mass is 10.1. The first kappa shape index (κ1) is 26.8. The van der Waals surface area contributed by atoms with E-state index in [4.69, 9.17) is 14.2 Å². The fourth-order valence-electron chi connectivity index (χ4n) is 3.87. The van der Waals surface area contributed by atoms with Crippen molar-refractivity contribution >= 4 is 44.4 Å². The van der Waals surface area contributed by atoms with Crippen LogP contribution in [0.3, 0.4) is 0 Å². The molecule has 0 saturated heterocycles. The van der Waals surface area contributed by atoms with E-state index in [1.54, 1.807) is 36.4 Å². The number of nitrogens with one attached hydrogen (secondary N) is 1. The summed E-state index contributed by atoms with van der Waals surface area (Å²) in [7, 11) is 0. The van der Waals surface area contributed by atoms with Crippen molar-refractivity contribution in [2.24, 2.45) is 0 Å². The van der Waals surface area contributed by atoms with Gasteiger partial charge in [-0.1, -0.05) is 36.4 Å². The lowest BCUT2D eigenvalue weighted by Gasteiger charge is -2.15. The molecule has 0 saturated carbocycles. The van der Waals surface area contributed by atoms with Crippen LogP contribution in [0.25, 0.3) is 16.8 Å². The minimum Gasteiger partial charge on any atom is -0.494 e. The third-order valence-corrected chi connectivity index (χ3v) is 6.22. The van der Waals surface area contributed by atoms with Crippen molar-refractivity contribution in [2.75, 3.05) is 18.5 Å². The van der Waals surface area contributed by atoms with Crippen molar-refractivity contribution < 1.29 is 19.0 Å². The second kappa shape index (κ2) is 12.8. The fourth-order valence-corrected chi connectivity index (χ4v) is 4.45. The number of anilines is 1. The summed E-state index contributed by atoms with van der Waals surface area (Å²) >= 11 is 3.57. The first-order valence-corrected chi connectivity index (χ1v) is 13.0. The van der Waals surface area contributed by atoms with E-state index >= 15 is 0 Å².